The molecule has 1 N–H and O–H groups in total. The van der Waals surface area contributed by atoms with E-state index in [1.165, 1.54) is 30.5 Å². The first kappa shape index (κ1) is 19.2. The standard InChI is InChI=1S/C17H17BrFN3O5/c1-25-14-15(26-11-4-6-22(7-5-11)17(23)24)20-9-21-16(14)27-13-3-2-10(18)8-12(13)19/h2-3,8-9,11H,4-7H2,1H3,(H,23,24). The minimum absolute atomic E-state index is 0.0177. The summed E-state index contributed by atoms with van der Waals surface area (Å²) < 4.78 is 31.3. The van der Waals surface area contributed by atoms with Gasteiger partial charge in [-0.05, 0) is 18.2 Å². The van der Waals surface area contributed by atoms with Crippen LogP contribution in [0.15, 0.2) is 29.0 Å². The molecular weight excluding hydrogens is 425 g/mol. The second kappa shape index (κ2) is 8.38. The third-order valence-electron chi connectivity index (χ3n) is 4.03. The number of hydrogen-bond acceptors (Lipinski definition) is 6. The molecule has 0 spiro atoms. The van der Waals surface area contributed by atoms with Crippen LogP contribution in [0, 0.1) is 5.82 Å². The number of carboxylic acid groups (broad SMARTS) is 1. The number of hydrogen-bond donors (Lipinski definition) is 1. The normalized spacial score (nSPS) is 14.7. The predicted octanol–water partition coefficient (Wildman–Crippen LogP) is 3.70. The number of halogens is 2. The van der Waals surface area contributed by atoms with Crippen LogP contribution in [0.1, 0.15) is 12.8 Å². The fourth-order valence-electron chi connectivity index (χ4n) is 2.66. The molecule has 0 unspecified atom stereocenters. The smallest absolute Gasteiger partial charge is 0.407 e. The van der Waals surface area contributed by atoms with Gasteiger partial charge in [-0.15, -0.1) is 0 Å². The van der Waals surface area contributed by atoms with Crippen molar-refractivity contribution in [2.45, 2.75) is 18.9 Å². The van der Waals surface area contributed by atoms with Crippen LogP contribution >= 0.6 is 15.9 Å². The van der Waals surface area contributed by atoms with Crippen LogP contribution in [0.4, 0.5) is 9.18 Å². The first-order valence-corrected chi connectivity index (χ1v) is 8.93. The highest BCUT2D eigenvalue weighted by atomic mass is 79.9. The summed E-state index contributed by atoms with van der Waals surface area (Å²) in [5.41, 5.74) is 0. The van der Waals surface area contributed by atoms with Crippen molar-refractivity contribution in [3.8, 4) is 23.3 Å². The van der Waals surface area contributed by atoms with Gasteiger partial charge < -0.3 is 24.2 Å². The Balaban J connectivity index is 1.75. The Hall–Kier alpha value is -2.62. The summed E-state index contributed by atoms with van der Waals surface area (Å²) in [4.78, 5) is 20.4. The minimum atomic E-state index is -0.944. The molecule has 0 bridgehead atoms. The molecule has 8 nitrogen and oxygen atoms in total. The van der Waals surface area contributed by atoms with Crippen LogP contribution in [0.25, 0.3) is 0 Å². The Labute approximate surface area is 163 Å². The van der Waals surface area contributed by atoms with Gasteiger partial charge >= 0.3 is 6.09 Å². The van der Waals surface area contributed by atoms with E-state index in [0.717, 1.165) is 0 Å². The Kier molecular flexibility index (Phi) is 5.94. The van der Waals surface area contributed by atoms with Crippen LogP contribution < -0.4 is 14.2 Å². The van der Waals surface area contributed by atoms with Gasteiger partial charge in [0.1, 0.15) is 12.4 Å². The fraction of sp³-hybridized carbons (Fsp3) is 0.353. The Morgan fingerprint density at radius 2 is 2.00 bits per heavy atom. The van der Waals surface area contributed by atoms with Crippen molar-refractivity contribution in [2.75, 3.05) is 20.2 Å². The molecule has 1 aliphatic heterocycles. The summed E-state index contributed by atoms with van der Waals surface area (Å²) in [7, 11) is 1.41. The van der Waals surface area contributed by atoms with Gasteiger partial charge in [-0.1, -0.05) is 15.9 Å². The zero-order valence-corrected chi connectivity index (χ0v) is 16.0. The van der Waals surface area contributed by atoms with Gasteiger partial charge in [0, 0.05) is 30.4 Å². The summed E-state index contributed by atoms with van der Waals surface area (Å²) >= 11 is 3.18. The monoisotopic (exact) mass is 441 g/mol. The third kappa shape index (κ3) is 4.57. The number of methoxy groups -OCH3 is 1. The van der Waals surface area contributed by atoms with Gasteiger partial charge in [0.15, 0.2) is 11.6 Å². The summed E-state index contributed by atoms with van der Waals surface area (Å²) in [6.45, 7) is 0.752. The van der Waals surface area contributed by atoms with E-state index in [9.17, 15) is 9.18 Å². The number of piperidine rings is 1. The summed E-state index contributed by atoms with van der Waals surface area (Å²) in [5.74, 6) is -0.259. The van der Waals surface area contributed by atoms with Crippen molar-refractivity contribution in [3.63, 3.8) is 0 Å². The second-order valence-electron chi connectivity index (χ2n) is 5.78. The van der Waals surface area contributed by atoms with Gasteiger partial charge in [0.25, 0.3) is 11.8 Å². The van der Waals surface area contributed by atoms with Crippen molar-refractivity contribution in [1.82, 2.24) is 14.9 Å². The second-order valence-corrected chi connectivity index (χ2v) is 6.70. The maximum absolute atomic E-state index is 14.0. The average molecular weight is 442 g/mol. The topological polar surface area (TPSA) is 94.0 Å². The molecule has 0 saturated carbocycles. The number of benzene rings is 1. The molecule has 144 valence electrons. The van der Waals surface area contributed by atoms with Crippen LogP contribution in [-0.4, -0.2) is 52.4 Å². The van der Waals surface area contributed by atoms with E-state index in [4.69, 9.17) is 19.3 Å². The van der Waals surface area contributed by atoms with E-state index in [-0.39, 0.29) is 29.4 Å². The Bertz CT molecular complexity index is 830. The molecule has 2 aromatic rings. The number of aromatic nitrogens is 2. The van der Waals surface area contributed by atoms with Crippen molar-refractivity contribution in [2.24, 2.45) is 0 Å². The van der Waals surface area contributed by atoms with Crippen molar-refractivity contribution in [3.05, 3.63) is 34.8 Å². The van der Waals surface area contributed by atoms with Gasteiger partial charge in [0.05, 0.1) is 7.11 Å². The first-order valence-electron chi connectivity index (χ1n) is 8.14. The minimum Gasteiger partial charge on any atom is -0.487 e. The van der Waals surface area contributed by atoms with Gasteiger partial charge in [0.2, 0.25) is 5.75 Å². The SMILES string of the molecule is COc1c(Oc2ccc(Br)cc2F)ncnc1OC1CCN(C(=O)O)CC1. The number of likely N-dealkylation sites (tertiary alicyclic amines) is 1. The quantitative estimate of drug-likeness (QED) is 0.755. The van der Waals surface area contributed by atoms with Gasteiger partial charge in [-0.3, -0.25) is 0 Å². The first-order chi connectivity index (χ1) is 13.0. The largest absolute Gasteiger partial charge is 0.487 e. The highest BCUT2D eigenvalue weighted by molar-refractivity contribution is 9.10. The lowest BCUT2D eigenvalue weighted by Gasteiger charge is -2.30. The molecule has 3 rings (SSSR count). The lowest BCUT2D eigenvalue weighted by Crippen LogP contribution is -2.41. The Morgan fingerprint density at radius 1 is 1.30 bits per heavy atom. The number of nitrogens with zero attached hydrogens (tertiary/aromatic N) is 3. The number of carbonyl (C=O) groups is 1. The summed E-state index contributed by atoms with van der Waals surface area (Å²) in [5, 5.41) is 9.01. The maximum Gasteiger partial charge on any atom is 0.407 e. The van der Waals surface area contributed by atoms with Crippen molar-refractivity contribution in [1.29, 1.82) is 0 Å². The fourth-order valence-corrected chi connectivity index (χ4v) is 2.99. The van der Waals surface area contributed by atoms with Crippen LogP contribution in [0.2, 0.25) is 0 Å². The molecule has 1 amide bonds. The van der Waals surface area contributed by atoms with E-state index in [1.807, 2.05) is 0 Å². The van der Waals surface area contributed by atoms with Crippen LogP contribution in [0.5, 0.6) is 23.3 Å². The molecule has 1 aromatic heterocycles. The molecule has 0 radical (unpaired) electrons. The molecule has 2 heterocycles. The summed E-state index contributed by atoms with van der Waals surface area (Å²) in [6.07, 6.45) is 1.12. The summed E-state index contributed by atoms with van der Waals surface area (Å²) in [6, 6.07) is 4.37. The molecule has 0 aliphatic carbocycles. The molecular formula is C17H17BrFN3O5. The zero-order chi connectivity index (χ0) is 19.4. The van der Waals surface area contributed by atoms with E-state index in [1.54, 1.807) is 6.07 Å². The highest BCUT2D eigenvalue weighted by Gasteiger charge is 2.26. The van der Waals surface area contributed by atoms with E-state index >= 15 is 0 Å². The van der Waals surface area contributed by atoms with Gasteiger partial charge in [-0.25, -0.2) is 9.18 Å². The van der Waals surface area contributed by atoms with Crippen molar-refractivity contribution >= 4 is 22.0 Å². The molecule has 1 fully saturated rings. The number of ether oxygens (including phenoxy) is 3. The molecule has 0 atom stereocenters. The van der Waals surface area contributed by atoms with Crippen molar-refractivity contribution < 1.29 is 28.5 Å². The zero-order valence-electron chi connectivity index (χ0n) is 14.4. The van der Waals surface area contributed by atoms with E-state index in [0.29, 0.717) is 30.4 Å². The molecule has 1 aromatic carbocycles. The third-order valence-corrected chi connectivity index (χ3v) is 4.53. The molecule has 1 saturated heterocycles. The highest BCUT2D eigenvalue weighted by Crippen LogP contribution is 2.37. The molecule has 10 heteroatoms. The predicted molar refractivity (Wildman–Crippen MR) is 96.0 cm³/mol. The van der Waals surface area contributed by atoms with E-state index in [2.05, 4.69) is 25.9 Å². The number of rotatable bonds is 5. The lowest BCUT2D eigenvalue weighted by molar-refractivity contribution is 0.0848. The lowest BCUT2D eigenvalue weighted by atomic mass is 10.1. The van der Waals surface area contributed by atoms with Crippen LogP contribution in [0.3, 0.4) is 0 Å². The number of amides is 1. The molecule has 1 aliphatic rings. The Morgan fingerprint density at radius 3 is 2.63 bits per heavy atom. The maximum atomic E-state index is 14.0. The van der Waals surface area contributed by atoms with E-state index < -0.39 is 11.9 Å². The van der Waals surface area contributed by atoms with Crippen LogP contribution in [-0.2, 0) is 0 Å². The van der Waals surface area contributed by atoms with Gasteiger partial charge in [-0.2, -0.15) is 9.97 Å². The molecule has 27 heavy (non-hydrogen) atoms. The average Bonchev–Trinajstić information content (AvgIpc) is 2.65.